The van der Waals surface area contributed by atoms with E-state index in [4.69, 9.17) is 10.5 Å². The first-order valence-corrected chi connectivity index (χ1v) is 5.87. The second kappa shape index (κ2) is 4.65. The van der Waals surface area contributed by atoms with Gasteiger partial charge in [-0.25, -0.2) is 0 Å². The molecule has 1 saturated carbocycles. The standard InChI is InChI=1S/C13H18N2O2/c1-13(7-8-13)15-12(16)6-9-17-11-4-2-10(14)3-5-11/h2-5H,6-9,14H2,1H3,(H,15,16). The predicted molar refractivity (Wildman–Crippen MR) is 66.7 cm³/mol. The lowest BCUT2D eigenvalue weighted by atomic mass is 10.3. The summed E-state index contributed by atoms with van der Waals surface area (Å²) in [6.07, 6.45) is 2.55. The zero-order valence-corrected chi connectivity index (χ0v) is 10.0. The Kier molecular flexibility index (Phi) is 3.22. The van der Waals surface area contributed by atoms with Gasteiger partial charge in [0.15, 0.2) is 0 Å². The molecule has 0 heterocycles. The number of nitrogens with one attached hydrogen (secondary N) is 1. The van der Waals surface area contributed by atoms with Crippen molar-refractivity contribution in [3.63, 3.8) is 0 Å². The molecule has 2 rings (SSSR count). The third-order valence-corrected chi connectivity index (χ3v) is 2.92. The van der Waals surface area contributed by atoms with E-state index in [1.54, 1.807) is 24.3 Å². The van der Waals surface area contributed by atoms with Crippen molar-refractivity contribution in [2.45, 2.75) is 31.7 Å². The largest absolute Gasteiger partial charge is 0.493 e. The molecule has 92 valence electrons. The van der Waals surface area contributed by atoms with Crippen LogP contribution < -0.4 is 15.8 Å². The third kappa shape index (κ3) is 3.66. The van der Waals surface area contributed by atoms with Gasteiger partial charge < -0.3 is 15.8 Å². The number of carbonyl (C=O) groups is 1. The molecule has 1 aromatic rings. The first-order valence-electron chi connectivity index (χ1n) is 5.87. The second-order valence-electron chi connectivity index (χ2n) is 4.78. The maximum Gasteiger partial charge on any atom is 0.223 e. The van der Waals surface area contributed by atoms with E-state index in [0.29, 0.717) is 18.7 Å². The first-order chi connectivity index (χ1) is 8.07. The monoisotopic (exact) mass is 234 g/mol. The number of amides is 1. The topological polar surface area (TPSA) is 64.3 Å². The molecule has 0 aromatic heterocycles. The lowest BCUT2D eigenvalue weighted by Gasteiger charge is -2.11. The summed E-state index contributed by atoms with van der Waals surface area (Å²) in [6.45, 7) is 2.46. The van der Waals surface area contributed by atoms with Gasteiger partial charge in [0.2, 0.25) is 5.91 Å². The Morgan fingerprint density at radius 3 is 2.65 bits per heavy atom. The van der Waals surface area contributed by atoms with Gasteiger partial charge in [-0.3, -0.25) is 4.79 Å². The fourth-order valence-electron chi connectivity index (χ4n) is 1.54. The van der Waals surface area contributed by atoms with Crippen LogP contribution in [0.25, 0.3) is 0 Å². The van der Waals surface area contributed by atoms with Crippen LogP contribution in [-0.2, 0) is 4.79 Å². The maximum absolute atomic E-state index is 11.5. The van der Waals surface area contributed by atoms with E-state index in [1.165, 1.54) is 0 Å². The minimum atomic E-state index is 0.0539. The molecular formula is C13H18N2O2. The summed E-state index contributed by atoms with van der Waals surface area (Å²) in [7, 11) is 0. The first kappa shape index (κ1) is 11.8. The van der Waals surface area contributed by atoms with Gasteiger partial charge >= 0.3 is 0 Å². The zero-order chi connectivity index (χ0) is 12.3. The highest BCUT2D eigenvalue weighted by atomic mass is 16.5. The van der Waals surface area contributed by atoms with Crippen molar-refractivity contribution >= 4 is 11.6 Å². The molecule has 4 heteroatoms. The van der Waals surface area contributed by atoms with Crippen LogP contribution >= 0.6 is 0 Å². The lowest BCUT2D eigenvalue weighted by Crippen LogP contribution is -2.34. The summed E-state index contributed by atoms with van der Waals surface area (Å²) in [4.78, 5) is 11.5. The third-order valence-electron chi connectivity index (χ3n) is 2.92. The Labute approximate surface area is 101 Å². The number of benzene rings is 1. The van der Waals surface area contributed by atoms with Gasteiger partial charge in [-0.05, 0) is 44.0 Å². The summed E-state index contributed by atoms with van der Waals surface area (Å²) in [5, 5.41) is 2.99. The quantitative estimate of drug-likeness (QED) is 0.762. The molecule has 3 N–H and O–H groups in total. The van der Waals surface area contributed by atoms with Crippen LogP contribution in [0.1, 0.15) is 26.2 Å². The van der Waals surface area contributed by atoms with Gasteiger partial charge in [0.1, 0.15) is 5.75 Å². The van der Waals surface area contributed by atoms with Crippen LogP contribution in [0.5, 0.6) is 5.75 Å². The highest BCUT2D eigenvalue weighted by Crippen LogP contribution is 2.34. The van der Waals surface area contributed by atoms with Crippen molar-refractivity contribution < 1.29 is 9.53 Å². The molecular weight excluding hydrogens is 216 g/mol. The van der Waals surface area contributed by atoms with Gasteiger partial charge in [-0.1, -0.05) is 0 Å². The summed E-state index contributed by atoms with van der Waals surface area (Å²) >= 11 is 0. The van der Waals surface area contributed by atoms with Crippen LogP contribution in [0.3, 0.4) is 0 Å². The number of ether oxygens (including phenoxy) is 1. The van der Waals surface area contributed by atoms with Gasteiger partial charge in [-0.2, -0.15) is 0 Å². The smallest absolute Gasteiger partial charge is 0.223 e. The number of nitrogens with two attached hydrogens (primary N) is 1. The SMILES string of the molecule is CC1(NC(=O)CCOc2ccc(N)cc2)CC1. The Morgan fingerprint density at radius 2 is 2.06 bits per heavy atom. The van der Waals surface area contributed by atoms with Crippen LogP contribution in [0.15, 0.2) is 24.3 Å². The summed E-state index contributed by atoms with van der Waals surface area (Å²) in [5.41, 5.74) is 6.32. The van der Waals surface area contributed by atoms with Crippen molar-refractivity contribution in [1.82, 2.24) is 5.32 Å². The van der Waals surface area contributed by atoms with Crippen LogP contribution in [0.2, 0.25) is 0 Å². The Balaban J connectivity index is 1.68. The molecule has 1 amide bonds. The summed E-state index contributed by atoms with van der Waals surface area (Å²) in [5.74, 6) is 0.796. The predicted octanol–water partition coefficient (Wildman–Crippen LogP) is 1.71. The Morgan fingerprint density at radius 1 is 1.41 bits per heavy atom. The molecule has 4 nitrogen and oxygen atoms in total. The van der Waals surface area contributed by atoms with Crippen LogP contribution in [0, 0.1) is 0 Å². The number of anilines is 1. The van der Waals surface area contributed by atoms with Crippen molar-refractivity contribution in [1.29, 1.82) is 0 Å². The molecule has 17 heavy (non-hydrogen) atoms. The van der Waals surface area contributed by atoms with E-state index >= 15 is 0 Å². The van der Waals surface area contributed by atoms with E-state index in [-0.39, 0.29) is 11.4 Å². The van der Waals surface area contributed by atoms with Gasteiger partial charge in [0.05, 0.1) is 13.0 Å². The van der Waals surface area contributed by atoms with E-state index in [1.807, 2.05) is 0 Å². The van der Waals surface area contributed by atoms with Gasteiger partial charge in [0.25, 0.3) is 0 Å². The average molecular weight is 234 g/mol. The minimum Gasteiger partial charge on any atom is -0.493 e. The number of rotatable bonds is 5. The van der Waals surface area contributed by atoms with E-state index in [9.17, 15) is 4.79 Å². The van der Waals surface area contributed by atoms with E-state index in [0.717, 1.165) is 18.6 Å². The highest BCUT2D eigenvalue weighted by molar-refractivity contribution is 5.77. The maximum atomic E-state index is 11.5. The van der Waals surface area contributed by atoms with Crippen LogP contribution in [-0.4, -0.2) is 18.1 Å². The number of nitrogen functional groups attached to an aromatic ring is 1. The molecule has 0 saturated heterocycles. The van der Waals surface area contributed by atoms with E-state index in [2.05, 4.69) is 12.2 Å². The highest BCUT2D eigenvalue weighted by Gasteiger charge is 2.38. The fourth-order valence-corrected chi connectivity index (χ4v) is 1.54. The minimum absolute atomic E-state index is 0.0539. The lowest BCUT2D eigenvalue weighted by molar-refractivity contribution is -0.122. The molecule has 0 atom stereocenters. The molecule has 1 aliphatic rings. The number of hydrogen-bond donors (Lipinski definition) is 2. The van der Waals surface area contributed by atoms with E-state index < -0.39 is 0 Å². The molecule has 0 unspecified atom stereocenters. The molecule has 1 aliphatic carbocycles. The number of carbonyl (C=O) groups excluding carboxylic acids is 1. The van der Waals surface area contributed by atoms with Crippen molar-refractivity contribution in [3.05, 3.63) is 24.3 Å². The number of hydrogen-bond acceptors (Lipinski definition) is 3. The summed E-state index contributed by atoms with van der Waals surface area (Å²) in [6, 6.07) is 7.16. The van der Waals surface area contributed by atoms with Crippen LogP contribution in [0.4, 0.5) is 5.69 Å². The Bertz CT molecular complexity index is 396. The van der Waals surface area contributed by atoms with Crippen molar-refractivity contribution in [2.24, 2.45) is 0 Å². The normalized spacial score (nSPS) is 16.3. The van der Waals surface area contributed by atoms with Crippen molar-refractivity contribution in [3.8, 4) is 5.75 Å². The average Bonchev–Trinajstić information content (AvgIpc) is 2.99. The van der Waals surface area contributed by atoms with Gasteiger partial charge in [0, 0.05) is 11.2 Å². The fraction of sp³-hybridized carbons (Fsp3) is 0.462. The summed E-state index contributed by atoms with van der Waals surface area (Å²) < 4.78 is 5.45. The molecule has 0 bridgehead atoms. The molecule has 0 spiro atoms. The Hall–Kier alpha value is -1.71. The molecule has 0 radical (unpaired) electrons. The zero-order valence-electron chi connectivity index (χ0n) is 10.0. The molecule has 1 fully saturated rings. The molecule has 0 aliphatic heterocycles. The van der Waals surface area contributed by atoms with Gasteiger partial charge in [-0.15, -0.1) is 0 Å². The molecule has 1 aromatic carbocycles. The second-order valence-corrected chi connectivity index (χ2v) is 4.78. The van der Waals surface area contributed by atoms with Crippen molar-refractivity contribution in [2.75, 3.05) is 12.3 Å².